The average Bonchev–Trinajstić information content (AvgIpc) is 1.61. The third-order valence-corrected chi connectivity index (χ3v) is 20.4. The van der Waals surface area contributed by atoms with E-state index in [1.165, 1.54) is 395 Å². The predicted molar refractivity (Wildman–Crippen MR) is 423 cm³/mol. The van der Waals surface area contributed by atoms with Crippen molar-refractivity contribution in [3.05, 3.63) is 101 Å². The van der Waals surface area contributed by atoms with Gasteiger partial charge in [-0.05, 0) is 86.8 Å². The Hall–Kier alpha value is -1.82. The number of allylic oxidation sites excluding steroid dienone is 2. The topological polar surface area (TPSA) is 25.3 Å². The maximum absolute atomic E-state index is 11.8. The molecule has 548 valence electrons. The number of benzene rings is 2. The van der Waals surface area contributed by atoms with Gasteiger partial charge in [0.15, 0.2) is 0 Å². The van der Waals surface area contributed by atoms with Crippen LogP contribution in [0, 0.1) is 13.8 Å². The molecule has 1 aliphatic rings. The summed E-state index contributed by atoms with van der Waals surface area (Å²) >= 11 is 0. The number of unbranched alkanes of at least 4 members (excludes halogenated alkanes) is 57. The smallest absolute Gasteiger partial charge is 0.493 e. The normalized spacial score (nSPS) is 12.2. The maximum Gasteiger partial charge on any atom is 2.00 e. The number of hydrogen-bond acceptors (Lipinski definition) is 0. The van der Waals surface area contributed by atoms with E-state index in [9.17, 15) is 5.53 Å². The van der Waals surface area contributed by atoms with Gasteiger partial charge >= 0.3 is 20.4 Å². The Morgan fingerprint density at radius 3 is 0.787 bits per heavy atom. The Bertz CT molecular complexity index is 1820. The van der Waals surface area contributed by atoms with E-state index in [4.69, 9.17) is 0 Å². The van der Waals surface area contributed by atoms with E-state index < -0.39 is 0 Å². The Morgan fingerprint density at radius 2 is 0.479 bits per heavy atom. The van der Waals surface area contributed by atoms with Gasteiger partial charge in [0.2, 0.25) is 11.4 Å². The molecule has 2 nitrogen and oxygen atoms in total. The molecule has 0 bridgehead atoms. The quantitative estimate of drug-likeness (QED) is 0.0273. The van der Waals surface area contributed by atoms with E-state index in [1.807, 2.05) is 0 Å². The van der Waals surface area contributed by atoms with Gasteiger partial charge in [-0.2, -0.15) is 12.8 Å². The molecular formula is C91H164N2Pd. The first-order valence-electron chi connectivity index (χ1n) is 42.7. The van der Waals surface area contributed by atoms with Gasteiger partial charge < -0.3 is 19.4 Å². The fourth-order valence-corrected chi connectivity index (χ4v) is 14.2. The SMILES string of the molecule is CCCCCCc1cccc(C2=C(CCCC)C(CCCCC)=C(c3ccc(CCCC)cc3)[N+]2=[N-])c1.[CH2-]CCCCCCCCCCCCCCCCCCCCCCCCCCC.[CH2-]CCCCCCCCCCCCCCCCCCCCCCCCCCC.[Pd+2]. The first-order chi connectivity index (χ1) is 46.0. The molecule has 0 aromatic heterocycles. The van der Waals surface area contributed by atoms with Gasteiger partial charge in [-0.3, -0.25) is 0 Å². The summed E-state index contributed by atoms with van der Waals surface area (Å²) in [6.45, 7) is 21.5. The molecule has 0 unspecified atom stereocenters. The van der Waals surface area contributed by atoms with Crippen molar-refractivity contribution in [2.75, 3.05) is 0 Å². The minimum atomic E-state index is 0. The fourth-order valence-electron chi connectivity index (χ4n) is 14.2. The molecule has 0 N–H and O–H groups in total. The van der Waals surface area contributed by atoms with Crippen LogP contribution in [-0.2, 0) is 33.3 Å². The minimum absolute atomic E-state index is 0. The summed E-state index contributed by atoms with van der Waals surface area (Å²) in [6.07, 6.45) is 93.3. The van der Waals surface area contributed by atoms with E-state index in [2.05, 4.69) is 104 Å². The third-order valence-electron chi connectivity index (χ3n) is 20.4. The van der Waals surface area contributed by atoms with Gasteiger partial charge in [0.25, 0.3) is 0 Å². The summed E-state index contributed by atoms with van der Waals surface area (Å²) in [4.78, 5) is 0. The van der Waals surface area contributed by atoms with Gasteiger partial charge in [0, 0.05) is 22.3 Å². The van der Waals surface area contributed by atoms with E-state index in [-0.39, 0.29) is 20.4 Å². The Kier molecular flexibility index (Phi) is 72.5. The molecule has 0 aliphatic carbocycles. The second-order valence-corrected chi connectivity index (χ2v) is 29.5. The Labute approximate surface area is 605 Å². The monoisotopic (exact) mass is 1390 g/mol. The van der Waals surface area contributed by atoms with Crippen LogP contribution < -0.4 is 0 Å². The predicted octanol–water partition coefficient (Wildman–Crippen LogP) is 33.1. The van der Waals surface area contributed by atoms with Crippen LogP contribution in [0.4, 0.5) is 0 Å². The summed E-state index contributed by atoms with van der Waals surface area (Å²) in [5.41, 5.74) is 21.6. The maximum atomic E-state index is 11.8. The van der Waals surface area contributed by atoms with Crippen LogP contribution in [-0.4, -0.2) is 4.70 Å². The fraction of sp³-hybridized carbons (Fsp3) is 0.802. The Morgan fingerprint density at radius 1 is 0.245 bits per heavy atom. The second-order valence-electron chi connectivity index (χ2n) is 29.5. The molecule has 3 heteroatoms. The zero-order chi connectivity index (χ0) is 67.2. The molecule has 2 aromatic carbocycles. The molecule has 0 fully saturated rings. The van der Waals surface area contributed by atoms with Crippen molar-refractivity contribution in [1.82, 2.24) is 0 Å². The molecule has 0 saturated heterocycles. The van der Waals surface area contributed by atoms with Crippen LogP contribution in [0.1, 0.15) is 481 Å². The molecule has 3 rings (SSSR count). The summed E-state index contributed by atoms with van der Waals surface area (Å²) < 4.78 is 1.55. The number of aryl methyl sites for hydroxylation is 2. The average molecular weight is 1390 g/mol. The van der Waals surface area contributed by atoms with E-state index in [1.54, 1.807) is 4.70 Å². The van der Waals surface area contributed by atoms with Gasteiger partial charge in [-0.1, -0.05) is 432 Å². The van der Waals surface area contributed by atoms with Crippen molar-refractivity contribution >= 4 is 11.4 Å². The molecular weight excluding hydrogens is 1230 g/mol. The number of rotatable bonds is 67. The molecule has 0 radical (unpaired) electrons. The largest absolute Gasteiger partial charge is 2.00 e. The molecule has 0 atom stereocenters. The standard InChI is InChI=1S/C35H50N2.2C28H57.Pd/c1-5-9-13-15-18-29-19-16-20-31(27-29)35-32(21-12-8-4)33(22-14-10-6-2)34(37(35)36)30-25-23-28(24-26-30)17-11-7-3;2*1-3-5-7-9-11-13-15-17-19-21-23-25-27-28-26-24-22-20-18-16-14-12-10-8-6-4-2;/h16,19-20,23-27H,5-15,17-18,21-22H2,1-4H3;2*1,3-28H2,2H3;/q;2*-1;+2. The van der Waals surface area contributed by atoms with Gasteiger partial charge in [-0.15, -0.1) is 0 Å². The van der Waals surface area contributed by atoms with E-state index in [0.717, 1.165) is 80.3 Å². The van der Waals surface area contributed by atoms with Crippen LogP contribution in [0.3, 0.4) is 0 Å². The van der Waals surface area contributed by atoms with Gasteiger partial charge in [0.1, 0.15) is 0 Å². The van der Waals surface area contributed by atoms with Crippen LogP contribution in [0.15, 0.2) is 59.7 Å². The minimum Gasteiger partial charge on any atom is -0.493 e. The van der Waals surface area contributed by atoms with Crippen LogP contribution in [0.2, 0.25) is 0 Å². The van der Waals surface area contributed by atoms with Crippen LogP contribution in [0.25, 0.3) is 16.9 Å². The number of hydrogen-bond donors (Lipinski definition) is 0. The van der Waals surface area contributed by atoms with Crippen molar-refractivity contribution in [2.24, 2.45) is 0 Å². The number of nitrogens with zero attached hydrogens (tertiary/aromatic N) is 2. The van der Waals surface area contributed by atoms with Crippen LogP contribution in [0.5, 0.6) is 0 Å². The summed E-state index contributed by atoms with van der Waals surface area (Å²) in [5.74, 6) is 0. The molecule has 1 heterocycles. The first kappa shape index (κ1) is 92.2. The molecule has 2 aromatic rings. The molecule has 94 heavy (non-hydrogen) atoms. The molecule has 0 saturated carbocycles. The molecule has 0 amide bonds. The summed E-state index contributed by atoms with van der Waals surface area (Å²) in [6, 6.07) is 17.9. The van der Waals surface area contributed by atoms with Crippen molar-refractivity contribution in [3.8, 4) is 0 Å². The van der Waals surface area contributed by atoms with Crippen molar-refractivity contribution in [3.63, 3.8) is 0 Å². The zero-order valence-corrected chi connectivity index (χ0v) is 66.2. The van der Waals surface area contributed by atoms with Crippen molar-refractivity contribution in [1.29, 1.82) is 0 Å². The second kappa shape index (κ2) is 73.9. The van der Waals surface area contributed by atoms with E-state index in [0.29, 0.717) is 0 Å². The van der Waals surface area contributed by atoms with Gasteiger partial charge in [-0.25, -0.2) is 4.70 Å². The van der Waals surface area contributed by atoms with Gasteiger partial charge in [0.05, 0.1) is 0 Å². The summed E-state index contributed by atoms with van der Waals surface area (Å²) in [7, 11) is 0. The Balaban J connectivity index is 0.00000140. The molecule has 0 spiro atoms. The van der Waals surface area contributed by atoms with Crippen molar-refractivity contribution < 1.29 is 25.1 Å². The van der Waals surface area contributed by atoms with Crippen molar-refractivity contribution in [2.45, 2.75) is 472 Å². The van der Waals surface area contributed by atoms with Crippen LogP contribution >= 0.6 is 0 Å². The zero-order valence-electron chi connectivity index (χ0n) is 64.6. The summed E-state index contributed by atoms with van der Waals surface area (Å²) in [5, 5.41) is 0. The van der Waals surface area contributed by atoms with E-state index >= 15 is 0 Å². The first-order valence-corrected chi connectivity index (χ1v) is 42.7. The molecule has 1 aliphatic heterocycles. The third kappa shape index (κ3) is 54.1.